The summed E-state index contributed by atoms with van der Waals surface area (Å²) in [6.07, 6.45) is 1.30. The Morgan fingerprint density at radius 1 is 1.17 bits per heavy atom. The molecule has 0 bridgehead atoms. The van der Waals surface area contributed by atoms with Gasteiger partial charge in [0, 0.05) is 19.7 Å². The Kier molecular flexibility index (Phi) is 6.76. The fourth-order valence-electron chi connectivity index (χ4n) is 1.65. The van der Waals surface area contributed by atoms with Crippen LogP contribution in [0.2, 0.25) is 0 Å². The fraction of sp³-hybridized carbons (Fsp3) is 0.600. The van der Waals surface area contributed by atoms with E-state index in [1.54, 1.807) is 7.11 Å². The van der Waals surface area contributed by atoms with Crippen LogP contribution in [0, 0.1) is 0 Å². The van der Waals surface area contributed by atoms with Crippen molar-refractivity contribution in [3.05, 3.63) is 29.8 Å². The number of hydrogen-bond donors (Lipinski definition) is 1. The molecular formula is C15H25NO2. The lowest BCUT2D eigenvalue weighted by atomic mass is 10.1. The van der Waals surface area contributed by atoms with Crippen molar-refractivity contribution < 1.29 is 9.47 Å². The lowest BCUT2D eigenvalue weighted by molar-refractivity contribution is 0.196. The molecule has 0 aliphatic carbocycles. The van der Waals surface area contributed by atoms with E-state index in [0.717, 1.165) is 25.3 Å². The number of ether oxygens (including phenoxy) is 2. The minimum Gasteiger partial charge on any atom is -0.491 e. The number of nitrogens with one attached hydrogen (secondary N) is 1. The van der Waals surface area contributed by atoms with Crippen molar-refractivity contribution in [3.8, 4) is 5.75 Å². The zero-order chi connectivity index (χ0) is 13.4. The third-order valence-corrected chi connectivity index (χ3v) is 3.05. The van der Waals surface area contributed by atoms with E-state index in [-0.39, 0.29) is 6.10 Å². The Balaban J connectivity index is 2.48. The lowest BCUT2D eigenvalue weighted by Gasteiger charge is -2.16. The molecule has 3 heteroatoms. The predicted octanol–water partition coefficient (Wildman–Crippen LogP) is 3.16. The van der Waals surface area contributed by atoms with Gasteiger partial charge >= 0.3 is 0 Å². The zero-order valence-electron chi connectivity index (χ0n) is 11.9. The van der Waals surface area contributed by atoms with Crippen LogP contribution in [-0.2, 0) is 4.74 Å². The maximum Gasteiger partial charge on any atom is 0.119 e. The Hall–Kier alpha value is -1.06. The number of benzene rings is 1. The van der Waals surface area contributed by atoms with Gasteiger partial charge in [0.2, 0.25) is 0 Å². The van der Waals surface area contributed by atoms with E-state index in [4.69, 9.17) is 9.47 Å². The first kappa shape index (κ1) is 15.0. The van der Waals surface area contributed by atoms with E-state index in [2.05, 4.69) is 38.2 Å². The predicted molar refractivity (Wildman–Crippen MR) is 75.1 cm³/mol. The summed E-state index contributed by atoms with van der Waals surface area (Å²) in [6, 6.07) is 8.63. The van der Waals surface area contributed by atoms with Crippen molar-refractivity contribution in [2.45, 2.75) is 39.3 Å². The standard InChI is InChI=1S/C15H25NO2/c1-5-12(2)18-15-8-6-14(7-9-15)13(3)16-10-11-17-4/h6-9,12-13,16H,5,10-11H2,1-4H3/t12-,13-/m1/s1. The summed E-state index contributed by atoms with van der Waals surface area (Å²) in [4.78, 5) is 0. The van der Waals surface area contributed by atoms with Gasteiger partial charge in [0.1, 0.15) is 5.75 Å². The first-order chi connectivity index (χ1) is 8.67. The van der Waals surface area contributed by atoms with Crippen LogP contribution in [0.3, 0.4) is 0 Å². The van der Waals surface area contributed by atoms with Crippen LogP contribution in [0.15, 0.2) is 24.3 Å². The molecule has 1 aromatic rings. The third-order valence-electron chi connectivity index (χ3n) is 3.05. The smallest absolute Gasteiger partial charge is 0.119 e. The second-order valence-electron chi connectivity index (χ2n) is 4.57. The Morgan fingerprint density at radius 2 is 1.83 bits per heavy atom. The maximum atomic E-state index is 5.76. The van der Waals surface area contributed by atoms with Gasteiger partial charge in [0.15, 0.2) is 0 Å². The van der Waals surface area contributed by atoms with E-state index < -0.39 is 0 Å². The molecule has 1 rings (SSSR count). The molecule has 0 saturated heterocycles. The zero-order valence-corrected chi connectivity index (χ0v) is 11.9. The van der Waals surface area contributed by atoms with Crippen LogP contribution >= 0.6 is 0 Å². The van der Waals surface area contributed by atoms with Gasteiger partial charge < -0.3 is 14.8 Å². The Bertz CT molecular complexity index is 324. The van der Waals surface area contributed by atoms with Gasteiger partial charge in [-0.15, -0.1) is 0 Å². The van der Waals surface area contributed by atoms with Crippen molar-refractivity contribution in [2.75, 3.05) is 20.3 Å². The Morgan fingerprint density at radius 3 is 2.39 bits per heavy atom. The van der Waals surface area contributed by atoms with Gasteiger partial charge in [0.25, 0.3) is 0 Å². The van der Waals surface area contributed by atoms with Crippen molar-refractivity contribution in [2.24, 2.45) is 0 Å². The summed E-state index contributed by atoms with van der Waals surface area (Å²) in [5.74, 6) is 0.942. The summed E-state index contributed by atoms with van der Waals surface area (Å²) < 4.78 is 10.8. The minimum atomic E-state index is 0.271. The summed E-state index contributed by atoms with van der Waals surface area (Å²) in [6.45, 7) is 7.96. The molecule has 0 fully saturated rings. The molecule has 0 aliphatic heterocycles. The van der Waals surface area contributed by atoms with Crippen LogP contribution in [0.25, 0.3) is 0 Å². The van der Waals surface area contributed by atoms with Crippen LogP contribution in [0.5, 0.6) is 5.75 Å². The molecule has 1 N–H and O–H groups in total. The second kappa shape index (κ2) is 8.11. The lowest BCUT2D eigenvalue weighted by Crippen LogP contribution is -2.22. The van der Waals surface area contributed by atoms with E-state index in [1.807, 2.05) is 12.1 Å². The molecule has 0 radical (unpaired) electrons. The highest BCUT2D eigenvalue weighted by Crippen LogP contribution is 2.18. The second-order valence-corrected chi connectivity index (χ2v) is 4.57. The monoisotopic (exact) mass is 251 g/mol. The number of rotatable bonds is 8. The molecule has 3 nitrogen and oxygen atoms in total. The van der Waals surface area contributed by atoms with Gasteiger partial charge in [-0.25, -0.2) is 0 Å². The fourth-order valence-corrected chi connectivity index (χ4v) is 1.65. The number of hydrogen-bond acceptors (Lipinski definition) is 3. The van der Waals surface area contributed by atoms with E-state index >= 15 is 0 Å². The SMILES string of the molecule is CC[C@@H](C)Oc1ccc([C@@H](C)NCCOC)cc1. The van der Waals surface area contributed by atoms with Crippen LogP contribution < -0.4 is 10.1 Å². The molecule has 0 aliphatic rings. The molecule has 102 valence electrons. The molecule has 2 atom stereocenters. The van der Waals surface area contributed by atoms with E-state index in [1.165, 1.54) is 5.56 Å². The summed E-state index contributed by atoms with van der Waals surface area (Å²) in [7, 11) is 1.72. The van der Waals surface area contributed by atoms with E-state index in [0.29, 0.717) is 6.04 Å². The molecule has 0 heterocycles. The average Bonchev–Trinajstić information content (AvgIpc) is 2.39. The van der Waals surface area contributed by atoms with Gasteiger partial charge in [-0.3, -0.25) is 0 Å². The molecule has 1 aromatic carbocycles. The average molecular weight is 251 g/mol. The van der Waals surface area contributed by atoms with Gasteiger partial charge in [-0.2, -0.15) is 0 Å². The first-order valence-corrected chi connectivity index (χ1v) is 6.66. The van der Waals surface area contributed by atoms with Gasteiger partial charge in [-0.05, 0) is 38.0 Å². The highest BCUT2D eigenvalue weighted by Gasteiger charge is 2.05. The topological polar surface area (TPSA) is 30.5 Å². The highest BCUT2D eigenvalue weighted by molar-refractivity contribution is 5.29. The molecule has 0 saturated carbocycles. The summed E-state index contributed by atoms with van der Waals surface area (Å²) in [5, 5.41) is 3.41. The van der Waals surface area contributed by atoms with E-state index in [9.17, 15) is 0 Å². The molecule has 0 aromatic heterocycles. The molecule has 0 amide bonds. The first-order valence-electron chi connectivity index (χ1n) is 6.66. The normalized spacial score (nSPS) is 14.2. The highest BCUT2D eigenvalue weighted by atomic mass is 16.5. The van der Waals surface area contributed by atoms with Crippen molar-refractivity contribution in [3.63, 3.8) is 0 Å². The summed E-state index contributed by atoms with van der Waals surface area (Å²) in [5.41, 5.74) is 1.27. The molecule has 0 spiro atoms. The van der Waals surface area contributed by atoms with Crippen LogP contribution in [-0.4, -0.2) is 26.4 Å². The van der Waals surface area contributed by atoms with Gasteiger partial charge in [0.05, 0.1) is 12.7 Å². The van der Waals surface area contributed by atoms with Crippen molar-refractivity contribution in [1.29, 1.82) is 0 Å². The maximum absolute atomic E-state index is 5.76. The number of methoxy groups -OCH3 is 1. The van der Waals surface area contributed by atoms with Crippen molar-refractivity contribution in [1.82, 2.24) is 5.32 Å². The molecule has 0 unspecified atom stereocenters. The minimum absolute atomic E-state index is 0.271. The summed E-state index contributed by atoms with van der Waals surface area (Å²) >= 11 is 0. The third kappa shape index (κ3) is 5.07. The van der Waals surface area contributed by atoms with Crippen LogP contribution in [0.1, 0.15) is 38.8 Å². The van der Waals surface area contributed by atoms with Gasteiger partial charge in [-0.1, -0.05) is 19.1 Å². The molecular weight excluding hydrogens is 226 g/mol. The largest absolute Gasteiger partial charge is 0.491 e. The van der Waals surface area contributed by atoms with Crippen LogP contribution in [0.4, 0.5) is 0 Å². The Labute approximate surface area is 110 Å². The van der Waals surface area contributed by atoms with Crippen molar-refractivity contribution >= 4 is 0 Å². The molecule has 18 heavy (non-hydrogen) atoms. The quantitative estimate of drug-likeness (QED) is 0.720.